The Bertz CT molecular complexity index is 1050. The number of pyridine rings is 1. The molecule has 0 fully saturated rings. The third kappa shape index (κ3) is 4.84. The van der Waals surface area contributed by atoms with Crippen LogP contribution in [0.15, 0.2) is 29.1 Å². The summed E-state index contributed by atoms with van der Waals surface area (Å²) in [6, 6.07) is 7.39. The fraction of sp³-hybridized carbons (Fsp3) is 0.381. The van der Waals surface area contributed by atoms with Crippen LogP contribution in [0.2, 0.25) is 0 Å². The maximum Gasteiger partial charge on any atom is 0.310 e. The Kier molecular flexibility index (Phi) is 7.69. The van der Waals surface area contributed by atoms with Gasteiger partial charge in [-0.15, -0.1) is 0 Å². The predicted molar refractivity (Wildman–Crippen MR) is 109 cm³/mol. The maximum atomic E-state index is 12.8. The van der Waals surface area contributed by atoms with Gasteiger partial charge in [-0.3, -0.25) is 24.3 Å². The van der Waals surface area contributed by atoms with E-state index in [2.05, 4.69) is 0 Å². The number of benzene rings is 1. The highest BCUT2D eigenvalue weighted by atomic mass is 16.6. The van der Waals surface area contributed by atoms with Gasteiger partial charge >= 0.3 is 5.69 Å². The van der Waals surface area contributed by atoms with E-state index < -0.39 is 28.8 Å². The van der Waals surface area contributed by atoms with Crippen LogP contribution in [0.25, 0.3) is 0 Å². The summed E-state index contributed by atoms with van der Waals surface area (Å²) in [4.78, 5) is 35.8. The summed E-state index contributed by atoms with van der Waals surface area (Å²) in [5, 5.41) is 31.1. The molecule has 30 heavy (non-hydrogen) atoms. The smallest absolute Gasteiger partial charge is 0.310 e. The van der Waals surface area contributed by atoms with E-state index in [-0.39, 0.29) is 34.7 Å². The quantitative estimate of drug-likeness (QED) is 0.272. The number of Topliss-reactive ketones (excluding diaryl/α,β-unsaturated/α-hetero) is 1. The van der Waals surface area contributed by atoms with Gasteiger partial charge in [0.05, 0.1) is 10.5 Å². The summed E-state index contributed by atoms with van der Waals surface area (Å²) < 4.78 is 6.34. The second-order valence-corrected chi connectivity index (χ2v) is 6.76. The largest absolute Gasteiger partial charge is 0.494 e. The van der Waals surface area contributed by atoms with Gasteiger partial charge in [0, 0.05) is 12.6 Å². The van der Waals surface area contributed by atoms with Crippen LogP contribution in [0.5, 0.6) is 11.6 Å². The fourth-order valence-electron chi connectivity index (χ4n) is 3.13. The lowest BCUT2D eigenvalue weighted by Crippen LogP contribution is -2.28. The Balaban J connectivity index is 2.36. The molecule has 0 bridgehead atoms. The molecular weight excluding hydrogens is 390 g/mol. The number of rotatable bonds is 10. The molecule has 1 aromatic carbocycles. The third-order valence-electron chi connectivity index (χ3n) is 4.73. The molecular formula is C21H23N3O6. The lowest BCUT2D eigenvalue weighted by molar-refractivity contribution is -0.385. The molecule has 0 spiro atoms. The molecule has 0 radical (unpaired) electrons. The first kappa shape index (κ1) is 22.6. The number of ether oxygens (including phenoxy) is 1. The van der Waals surface area contributed by atoms with Crippen LogP contribution in [0.1, 0.15) is 54.1 Å². The molecule has 9 heteroatoms. The average Bonchev–Trinajstić information content (AvgIpc) is 2.72. The van der Waals surface area contributed by atoms with Crippen LogP contribution < -0.4 is 10.3 Å². The molecule has 0 aliphatic heterocycles. The van der Waals surface area contributed by atoms with E-state index in [1.165, 1.54) is 31.2 Å². The van der Waals surface area contributed by atoms with Crippen molar-refractivity contribution in [2.24, 2.45) is 0 Å². The summed E-state index contributed by atoms with van der Waals surface area (Å²) in [6.45, 7) is 3.01. The minimum Gasteiger partial charge on any atom is -0.494 e. The minimum absolute atomic E-state index is 0.0565. The van der Waals surface area contributed by atoms with Crippen molar-refractivity contribution in [1.29, 1.82) is 5.26 Å². The van der Waals surface area contributed by atoms with Crippen LogP contribution in [0, 0.1) is 28.4 Å². The van der Waals surface area contributed by atoms with Crippen molar-refractivity contribution in [1.82, 2.24) is 4.57 Å². The van der Waals surface area contributed by atoms with Crippen LogP contribution in [0.4, 0.5) is 5.69 Å². The van der Waals surface area contributed by atoms with Crippen molar-refractivity contribution in [3.63, 3.8) is 0 Å². The zero-order chi connectivity index (χ0) is 22.3. The van der Waals surface area contributed by atoms with Gasteiger partial charge in [0.25, 0.3) is 5.56 Å². The van der Waals surface area contributed by atoms with Crippen LogP contribution in [-0.2, 0) is 6.54 Å². The van der Waals surface area contributed by atoms with E-state index in [1.807, 2.05) is 6.92 Å². The highest BCUT2D eigenvalue weighted by molar-refractivity contribution is 6.01. The molecule has 0 saturated carbocycles. The SMILES string of the molecule is CCCCCCn1c(O)c(C(=O)COc2ccccc2[N+](=O)[O-])c(C)c(C#N)c1=O. The van der Waals surface area contributed by atoms with E-state index >= 15 is 0 Å². The van der Waals surface area contributed by atoms with Gasteiger partial charge in [-0.25, -0.2) is 0 Å². The molecule has 158 valence electrons. The number of nitro benzene ring substituents is 1. The van der Waals surface area contributed by atoms with E-state index in [1.54, 1.807) is 6.07 Å². The Morgan fingerprint density at radius 3 is 2.63 bits per heavy atom. The molecule has 0 unspecified atom stereocenters. The molecule has 2 rings (SSSR count). The van der Waals surface area contributed by atoms with Crippen LogP contribution >= 0.6 is 0 Å². The van der Waals surface area contributed by atoms with Gasteiger partial charge in [0.1, 0.15) is 11.6 Å². The van der Waals surface area contributed by atoms with Crippen LogP contribution in [-0.4, -0.2) is 27.0 Å². The first-order valence-electron chi connectivity index (χ1n) is 9.59. The van der Waals surface area contributed by atoms with Crippen molar-refractivity contribution >= 4 is 11.5 Å². The standard InChI is InChI=1S/C21H23N3O6/c1-3-4-5-8-11-23-20(26)15(12-22)14(2)19(21(23)27)17(25)13-30-18-10-7-6-9-16(18)24(28)29/h6-7,9-10,27H,3-5,8,11,13H2,1-2H3. The van der Waals surface area contributed by atoms with Crippen LogP contribution in [0.3, 0.4) is 0 Å². The number of nitrogens with zero attached hydrogens (tertiary/aromatic N) is 3. The molecule has 0 saturated heterocycles. The number of aromatic nitrogens is 1. The number of carbonyl (C=O) groups excluding carboxylic acids is 1. The molecule has 1 aromatic heterocycles. The number of aromatic hydroxyl groups is 1. The number of nitriles is 1. The Hall–Kier alpha value is -3.67. The van der Waals surface area contributed by atoms with Crippen molar-refractivity contribution < 1.29 is 19.6 Å². The highest BCUT2D eigenvalue weighted by Crippen LogP contribution is 2.27. The van der Waals surface area contributed by atoms with Gasteiger partial charge in [-0.1, -0.05) is 38.3 Å². The van der Waals surface area contributed by atoms with Gasteiger partial charge in [0.15, 0.2) is 12.4 Å². The number of para-hydroxylation sites is 2. The van der Waals surface area contributed by atoms with E-state index in [0.29, 0.717) is 6.42 Å². The fourth-order valence-corrected chi connectivity index (χ4v) is 3.13. The summed E-state index contributed by atoms with van der Waals surface area (Å²) in [5.41, 5.74) is -1.32. The summed E-state index contributed by atoms with van der Waals surface area (Å²) in [5.74, 6) is -1.31. The number of ketones is 1. The van der Waals surface area contributed by atoms with Crippen molar-refractivity contribution in [2.75, 3.05) is 6.61 Å². The van der Waals surface area contributed by atoms with E-state index in [9.17, 15) is 30.1 Å². The summed E-state index contributed by atoms with van der Waals surface area (Å²) in [7, 11) is 0. The normalized spacial score (nSPS) is 10.4. The number of hydrogen-bond acceptors (Lipinski definition) is 7. The number of unbranched alkanes of at least 4 members (excludes halogenated alkanes) is 3. The molecule has 2 aromatic rings. The minimum atomic E-state index is -0.693. The molecule has 0 aliphatic carbocycles. The Morgan fingerprint density at radius 2 is 2.00 bits per heavy atom. The number of nitro groups is 1. The molecule has 1 heterocycles. The summed E-state index contributed by atoms with van der Waals surface area (Å²) in [6.07, 6.45) is 3.39. The molecule has 0 amide bonds. The van der Waals surface area contributed by atoms with E-state index in [4.69, 9.17) is 4.74 Å². The summed E-state index contributed by atoms with van der Waals surface area (Å²) >= 11 is 0. The molecule has 1 N–H and O–H groups in total. The van der Waals surface area contributed by atoms with Gasteiger partial charge in [0.2, 0.25) is 11.7 Å². The Morgan fingerprint density at radius 1 is 1.30 bits per heavy atom. The zero-order valence-electron chi connectivity index (χ0n) is 16.9. The second kappa shape index (κ2) is 10.2. The van der Waals surface area contributed by atoms with Crippen molar-refractivity contribution in [2.45, 2.75) is 46.1 Å². The number of hydrogen-bond donors (Lipinski definition) is 1. The van der Waals surface area contributed by atoms with Crippen molar-refractivity contribution in [3.05, 3.63) is 61.4 Å². The molecule has 0 aliphatic rings. The van der Waals surface area contributed by atoms with Crippen molar-refractivity contribution in [3.8, 4) is 17.7 Å². The van der Waals surface area contributed by atoms with Gasteiger partial charge in [-0.05, 0) is 25.0 Å². The lowest BCUT2D eigenvalue weighted by Gasteiger charge is -2.15. The Labute approximate surface area is 173 Å². The molecule has 0 atom stereocenters. The average molecular weight is 413 g/mol. The zero-order valence-corrected chi connectivity index (χ0v) is 16.9. The third-order valence-corrected chi connectivity index (χ3v) is 4.73. The first-order valence-corrected chi connectivity index (χ1v) is 9.59. The van der Waals surface area contributed by atoms with E-state index in [0.717, 1.165) is 23.8 Å². The predicted octanol–water partition coefficient (Wildman–Crippen LogP) is 3.48. The second-order valence-electron chi connectivity index (χ2n) is 6.76. The van der Waals surface area contributed by atoms with Gasteiger partial charge in [-0.2, -0.15) is 5.26 Å². The number of carbonyl (C=O) groups is 1. The topological polar surface area (TPSA) is 135 Å². The first-order chi connectivity index (χ1) is 14.3. The maximum absolute atomic E-state index is 12.8. The monoisotopic (exact) mass is 413 g/mol. The molecule has 9 nitrogen and oxygen atoms in total. The highest BCUT2D eigenvalue weighted by Gasteiger charge is 2.25. The lowest BCUT2D eigenvalue weighted by atomic mass is 10.0. The van der Waals surface area contributed by atoms with Gasteiger partial charge < -0.3 is 9.84 Å².